The lowest BCUT2D eigenvalue weighted by Crippen LogP contribution is -3.00. The summed E-state index contributed by atoms with van der Waals surface area (Å²) in [5.41, 5.74) is 1.93. The Morgan fingerprint density at radius 3 is 2.17 bits per heavy atom. The van der Waals surface area contributed by atoms with Crippen LogP contribution in [0.2, 0.25) is 0 Å². The van der Waals surface area contributed by atoms with Gasteiger partial charge < -0.3 is 12.4 Å². The van der Waals surface area contributed by atoms with Crippen molar-refractivity contribution in [1.82, 2.24) is 4.98 Å². The van der Waals surface area contributed by atoms with Crippen LogP contribution in [0.15, 0.2) is 24.3 Å². The van der Waals surface area contributed by atoms with E-state index in [-0.39, 0.29) is 12.4 Å². The molecule has 1 aromatic carbocycles. The van der Waals surface area contributed by atoms with Crippen molar-refractivity contribution in [3.8, 4) is 0 Å². The molecule has 0 aliphatic rings. The van der Waals surface area contributed by atoms with Crippen LogP contribution >= 0.6 is 18.6 Å². The van der Waals surface area contributed by atoms with Crippen molar-refractivity contribution in [1.29, 1.82) is 0 Å². The Balaban J connectivity index is 0.00000288. The zero-order chi connectivity index (χ0) is 16.7. The Morgan fingerprint density at radius 2 is 1.62 bits per heavy atom. The van der Waals surface area contributed by atoms with E-state index in [1.54, 1.807) is 0 Å². The molecule has 0 N–H and O–H groups in total. The van der Waals surface area contributed by atoms with Crippen molar-refractivity contribution < 1.29 is 12.4 Å². The summed E-state index contributed by atoms with van der Waals surface area (Å²) in [5, 5.41) is 1.43. The molecule has 24 heavy (non-hydrogen) atoms. The van der Waals surface area contributed by atoms with Crippen molar-refractivity contribution in [3.63, 3.8) is 0 Å². The topological polar surface area (TPSA) is 12.9 Å². The van der Waals surface area contributed by atoms with Crippen molar-refractivity contribution in [2.75, 3.05) is 19.0 Å². The Labute approximate surface area is 159 Å². The van der Waals surface area contributed by atoms with Crippen LogP contribution in [0.5, 0.6) is 0 Å². The molecule has 2 rings (SSSR count). The smallest absolute Gasteiger partial charge is 0.134 e. The minimum atomic E-state index is -0.958. The fraction of sp³-hybridized carbons (Fsp3) is 0.650. The molecule has 0 aliphatic carbocycles. The van der Waals surface area contributed by atoms with Gasteiger partial charge in [-0.1, -0.05) is 52.2 Å². The summed E-state index contributed by atoms with van der Waals surface area (Å²) < 4.78 is 1.36. The van der Waals surface area contributed by atoms with E-state index >= 15 is 0 Å². The lowest BCUT2D eigenvalue weighted by molar-refractivity contribution is -0.00000503. The first-order chi connectivity index (χ1) is 11.1. The molecule has 0 spiro atoms. The van der Waals surface area contributed by atoms with E-state index in [1.165, 1.54) is 66.1 Å². The number of benzene rings is 1. The van der Waals surface area contributed by atoms with Crippen molar-refractivity contribution >= 4 is 28.8 Å². The van der Waals surface area contributed by atoms with Gasteiger partial charge >= 0.3 is 0 Å². The number of nitrogens with zero attached hydrogens (tertiary/aromatic N) is 1. The molecule has 1 unspecified atom stereocenters. The van der Waals surface area contributed by atoms with E-state index in [0.717, 1.165) is 5.66 Å². The summed E-state index contributed by atoms with van der Waals surface area (Å²) in [6.45, 7) is 9.64. The fourth-order valence-corrected chi connectivity index (χ4v) is 9.78. The summed E-state index contributed by atoms with van der Waals surface area (Å²) in [6.07, 6.45) is 10.9. The van der Waals surface area contributed by atoms with Gasteiger partial charge in [0.1, 0.15) is 10.7 Å². The van der Waals surface area contributed by atoms with Crippen molar-refractivity contribution in [3.05, 3.63) is 29.3 Å². The second-order valence-electron chi connectivity index (χ2n) is 6.96. The minimum Gasteiger partial charge on any atom is -1.00 e. The maximum atomic E-state index is 5.06. The molecule has 1 atom stereocenters. The summed E-state index contributed by atoms with van der Waals surface area (Å²) in [7, 11) is -0.958. The molecule has 1 heterocycles. The maximum Gasteiger partial charge on any atom is 0.134 e. The number of rotatable bonds is 10. The number of unbranched alkanes of at least 4 members (excludes halogenated alkanes) is 2. The highest BCUT2D eigenvalue weighted by Gasteiger charge is 2.42. The summed E-state index contributed by atoms with van der Waals surface area (Å²) >= 11 is 1.96. The zero-order valence-electron chi connectivity index (χ0n) is 15.7. The van der Waals surface area contributed by atoms with Crippen LogP contribution in [-0.2, 0) is 0 Å². The standard InChI is InChI=1S/C20H33NPS.ClH/c1-5-8-15-22(4,16-9-6-2)18(12-7-3)20-21-17-13-10-11-14-19(17)23-20;/h10-11,13-14,18H,5-9,12,15-16H2,1-4H3;1H/q+1;/p-1. The molecule has 4 heteroatoms. The normalized spacial score (nSPS) is 13.0. The van der Waals surface area contributed by atoms with E-state index in [2.05, 4.69) is 51.7 Å². The van der Waals surface area contributed by atoms with Crippen LogP contribution in [0.1, 0.15) is 70.0 Å². The minimum absolute atomic E-state index is 0. The van der Waals surface area contributed by atoms with Crippen LogP contribution in [0.25, 0.3) is 10.2 Å². The van der Waals surface area contributed by atoms with Crippen LogP contribution < -0.4 is 12.4 Å². The first kappa shape index (κ1) is 21.9. The van der Waals surface area contributed by atoms with Gasteiger partial charge in [0, 0.05) is 13.9 Å². The summed E-state index contributed by atoms with van der Waals surface area (Å²) in [6, 6.07) is 8.66. The number of halogens is 1. The second-order valence-corrected chi connectivity index (χ2v) is 12.5. The largest absolute Gasteiger partial charge is 1.00 e. The molecule has 0 fully saturated rings. The number of thiazole rings is 1. The average Bonchev–Trinajstić information content (AvgIpc) is 2.99. The van der Waals surface area contributed by atoms with E-state index in [1.807, 2.05) is 11.3 Å². The third kappa shape index (κ3) is 5.41. The van der Waals surface area contributed by atoms with Gasteiger partial charge in [-0.2, -0.15) is 0 Å². The highest BCUT2D eigenvalue weighted by Crippen LogP contribution is 2.69. The van der Waals surface area contributed by atoms with Gasteiger partial charge in [0.25, 0.3) is 0 Å². The number of para-hydroxylation sites is 1. The first-order valence-corrected chi connectivity index (χ1v) is 12.8. The first-order valence-electron chi connectivity index (χ1n) is 9.34. The predicted molar refractivity (Wildman–Crippen MR) is 110 cm³/mol. The lowest BCUT2D eigenvalue weighted by Gasteiger charge is -2.30. The predicted octanol–water partition coefficient (Wildman–Crippen LogP) is 4.39. The number of hydrogen-bond donors (Lipinski definition) is 0. The highest BCUT2D eigenvalue weighted by atomic mass is 35.5. The van der Waals surface area contributed by atoms with Gasteiger partial charge in [0.15, 0.2) is 0 Å². The molecule has 0 saturated heterocycles. The molecule has 136 valence electrons. The highest BCUT2D eigenvalue weighted by molar-refractivity contribution is 7.75. The van der Waals surface area contributed by atoms with Crippen molar-refractivity contribution in [2.45, 2.75) is 65.0 Å². The maximum absolute atomic E-state index is 5.06. The van der Waals surface area contributed by atoms with Gasteiger partial charge in [-0.25, -0.2) is 4.98 Å². The average molecular weight is 386 g/mol. The zero-order valence-corrected chi connectivity index (χ0v) is 18.2. The van der Waals surface area contributed by atoms with E-state index in [4.69, 9.17) is 4.98 Å². The third-order valence-electron chi connectivity index (χ3n) is 4.96. The Kier molecular flexibility index (Phi) is 9.79. The number of fused-ring (bicyclic) bond motifs is 1. The Bertz CT molecular complexity index is 557. The monoisotopic (exact) mass is 385 g/mol. The van der Waals surface area contributed by atoms with E-state index < -0.39 is 7.26 Å². The molecule has 0 amide bonds. The Morgan fingerprint density at radius 1 is 1.00 bits per heavy atom. The molecule has 1 aromatic heterocycles. The van der Waals surface area contributed by atoms with E-state index in [0.29, 0.717) is 0 Å². The lowest BCUT2D eigenvalue weighted by atomic mass is 10.2. The van der Waals surface area contributed by atoms with Gasteiger partial charge in [0.05, 0.1) is 22.5 Å². The van der Waals surface area contributed by atoms with Crippen LogP contribution in [0.3, 0.4) is 0 Å². The SMILES string of the molecule is CCCC[P+](C)(CCCC)C(CCC)c1nc2ccccc2s1.[Cl-]. The van der Waals surface area contributed by atoms with Gasteiger partial charge in [0.2, 0.25) is 0 Å². The molecule has 0 aliphatic heterocycles. The summed E-state index contributed by atoms with van der Waals surface area (Å²) in [5.74, 6) is 0. The Hall–Kier alpha value is -0.170. The van der Waals surface area contributed by atoms with E-state index in [9.17, 15) is 0 Å². The molecular weight excluding hydrogens is 353 g/mol. The van der Waals surface area contributed by atoms with Gasteiger partial charge in [-0.05, 0) is 31.4 Å². The van der Waals surface area contributed by atoms with Gasteiger partial charge in [-0.3, -0.25) is 0 Å². The molecule has 2 aromatic rings. The third-order valence-corrected chi connectivity index (χ3v) is 11.0. The van der Waals surface area contributed by atoms with Crippen LogP contribution in [0, 0.1) is 0 Å². The van der Waals surface area contributed by atoms with Crippen molar-refractivity contribution in [2.24, 2.45) is 0 Å². The molecular formula is C20H33ClNPS. The second kappa shape index (κ2) is 10.7. The fourth-order valence-electron chi connectivity index (χ4n) is 3.47. The quantitative estimate of drug-likeness (QED) is 0.553. The van der Waals surface area contributed by atoms with Crippen LogP contribution in [0.4, 0.5) is 0 Å². The number of aromatic nitrogens is 1. The van der Waals surface area contributed by atoms with Crippen LogP contribution in [-0.4, -0.2) is 24.0 Å². The molecule has 0 radical (unpaired) electrons. The van der Waals surface area contributed by atoms with Gasteiger partial charge in [-0.15, -0.1) is 11.3 Å². The summed E-state index contributed by atoms with van der Waals surface area (Å²) in [4.78, 5) is 5.06. The molecule has 0 bridgehead atoms. The molecule has 0 saturated carbocycles. The molecule has 1 nitrogen and oxygen atoms in total. The number of hydrogen-bond acceptors (Lipinski definition) is 2.